The molecule has 5 nitrogen and oxygen atoms in total. The van der Waals surface area contributed by atoms with Crippen LogP contribution in [0.2, 0.25) is 0 Å². The smallest absolute Gasteiger partial charge is 0.254 e. The molecular formula is C14H16FNO4S. The highest BCUT2D eigenvalue weighted by Crippen LogP contribution is 2.10. The van der Waals surface area contributed by atoms with E-state index in [1.54, 1.807) is 0 Å². The number of nitrogens with one attached hydrogen (secondary N) is 1. The lowest BCUT2D eigenvalue weighted by Crippen LogP contribution is -2.30. The second kappa shape index (κ2) is 7.76. The predicted molar refractivity (Wildman–Crippen MR) is 77.0 cm³/mol. The number of benzene rings is 1. The van der Waals surface area contributed by atoms with Crippen molar-refractivity contribution in [3.05, 3.63) is 35.1 Å². The Kier molecular flexibility index (Phi) is 6.34. The molecule has 0 heterocycles. The minimum atomic E-state index is -3.19. The number of halogens is 1. The Bertz CT molecular complexity index is 674. The van der Waals surface area contributed by atoms with E-state index < -0.39 is 21.6 Å². The topological polar surface area (TPSA) is 83.5 Å². The fourth-order valence-electron chi connectivity index (χ4n) is 1.48. The van der Waals surface area contributed by atoms with Gasteiger partial charge >= 0.3 is 0 Å². The minimum absolute atomic E-state index is 0.0105. The van der Waals surface area contributed by atoms with Crippen molar-refractivity contribution in [1.29, 1.82) is 0 Å². The third-order valence-electron chi connectivity index (χ3n) is 2.66. The van der Waals surface area contributed by atoms with E-state index in [1.165, 1.54) is 19.1 Å². The van der Waals surface area contributed by atoms with Crippen molar-refractivity contribution >= 4 is 15.7 Å². The normalized spacial score (nSPS) is 10.6. The van der Waals surface area contributed by atoms with Gasteiger partial charge in [-0.2, -0.15) is 0 Å². The summed E-state index contributed by atoms with van der Waals surface area (Å²) < 4.78 is 36.2. The molecule has 0 fully saturated rings. The van der Waals surface area contributed by atoms with E-state index in [-0.39, 0.29) is 30.2 Å². The summed E-state index contributed by atoms with van der Waals surface area (Å²) in [7, 11) is -3.19. The zero-order valence-electron chi connectivity index (χ0n) is 11.5. The Labute approximate surface area is 123 Å². The summed E-state index contributed by atoms with van der Waals surface area (Å²) in [6.45, 7) is 1.09. The maximum Gasteiger partial charge on any atom is 0.254 e. The minimum Gasteiger partial charge on any atom is -0.384 e. The van der Waals surface area contributed by atoms with Crippen LogP contribution in [-0.2, 0) is 9.84 Å². The van der Waals surface area contributed by atoms with Gasteiger partial charge in [0.1, 0.15) is 12.4 Å². The Morgan fingerprint density at radius 3 is 2.76 bits per heavy atom. The van der Waals surface area contributed by atoms with Gasteiger partial charge in [0.2, 0.25) is 0 Å². The number of rotatable bonds is 5. The number of sulfone groups is 1. The summed E-state index contributed by atoms with van der Waals surface area (Å²) in [5, 5.41) is 11.0. The zero-order chi connectivity index (χ0) is 15.9. The number of aliphatic hydroxyl groups excluding tert-OH is 1. The van der Waals surface area contributed by atoms with Crippen LogP contribution in [0.5, 0.6) is 0 Å². The van der Waals surface area contributed by atoms with Crippen molar-refractivity contribution in [1.82, 2.24) is 5.32 Å². The van der Waals surface area contributed by atoms with Gasteiger partial charge in [0.25, 0.3) is 5.91 Å². The number of carbonyl (C=O) groups excluding carboxylic acids is 1. The van der Waals surface area contributed by atoms with Gasteiger partial charge in [-0.05, 0) is 18.2 Å². The van der Waals surface area contributed by atoms with E-state index >= 15 is 0 Å². The molecule has 0 radical (unpaired) electrons. The van der Waals surface area contributed by atoms with Gasteiger partial charge in [-0.25, -0.2) is 12.8 Å². The third-order valence-corrected chi connectivity index (χ3v) is 4.37. The van der Waals surface area contributed by atoms with Crippen LogP contribution in [0.15, 0.2) is 18.2 Å². The van der Waals surface area contributed by atoms with E-state index in [9.17, 15) is 17.6 Å². The Morgan fingerprint density at radius 2 is 2.14 bits per heavy atom. The second-order valence-corrected chi connectivity index (χ2v) is 6.62. The molecule has 0 saturated heterocycles. The number of amides is 1. The first kappa shape index (κ1) is 17.1. The zero-order valence-corrected chi connectivity index (χ0v) is 12.3. The monoisotopic (exact) mass is 313 g/mol. The van der Waals surface area contributed by atoms with Gasteiger partial charge in [0.05, 0.1) is 11.3 Å². The quantitative estimate of drug-likeness (QED) is 0.768. The van der Waals surface area contributed by atoms with Gasteiger partial charge in [0.15, 0.2) is 9.84 Å². The summed E-state index contributed by atoms with van der Waals surface area (Å²) in [6, 6.07) is 3.73. The molecule has 2 N–H and O–H groups in total. The van der Waals surface area contributed by atoms with Crippen LogP contribution in [0.4, 0.5) is 4.39 Å². The molecule has 21 heavy (non-hydrogen) atoms. The molecule has 0 spiro atoms. The molecule has 0 bridgehead atoms. The molecule has 1 amide bonds. The molecule has 0 unspecified atom stereocenters. The van der Waals surface area contributed by atoms with Crippen LogP contribution in [0.3, 0.4) is 0 Å². The third kappa shape index (κ3) is 5.53. The molecule has 0 saturated carbocycles. The van der Waals surface area contributed by atoms with Gasteiger partial charge < -0.3 is 10.4 Å². The summed E-state index contributed by atoms with van der Waals surface area (Å²) >= 11 is 0. The number of carbonyl (C=O) groups is 1. The average molecular weight is 313 g/mol. The van der Waals surface area contributed by atoms with E-state index in [1.807, 2.05) is 0 Å². The Hall–Kier alpha value is -1.91. The number of hydrogen-bond acceptors (Lipinski definition) is 4. The SMILES string of the molecule is CCS(=O)(=O)CCNC(=O)c1cc(C#CCO)ccc1F. The van der Waals surface area contributed by atoms with Crippen molar-refractivity contribution in [3.8, 4) is 11.8 Å². The highest BCUT2D eigenvalue weighted by atomic mass is 32.2. The standard InChI is InChI=1S/C14H16FNO4S/c1-2-21(19,20)9-7-16-14(18)12-10-11(4-3-8-17)5-6-13(12)15/h5-6,10,17H,2,7-9H2,1H3,(H,16,18). The summed E-state index contributed by atoms with van der Waals surface area (Å²) in [4.78, 5) is 11.8. The van der Waals surface area contributed by atoms with Crippen LogP contribution >= 0.6 is 0 Å². The summed E-state index contributed by atoms with van der Waals surface area (Å²) in [6.07, 6.45) is 0. The van der Waals surface area contributed by atoms with Crippen LogP contribution < -0.4 is 5.32 Å². The maximum atomic E-state index is 13.6. The fourth-order valence-corrected chi connectivity index (χ4v) is 2.18. The largest absolute Gasteiger partial charge is 0.384 e. The van der Waals surface area contributed by atoms with Gasteiger partial charge in [0, 0.05) is 17.9 Å². The van der Waals surface area contributed by atoms with Crippen molar-refractivity contribution in [2.45, 2.75) is 6.92 Å². The highest BCUT2D eigenvalue weighted by Gasteiger charge is 2.13. The molecule has 0 aliphatic rings. The Morgan fingerprint density at radius 1 is 1.43 bits per heavy atom. The molecular weight excluding hydrogens is 297 g/mol. The van der Waals surface area contributed by atoms with Crippen molar-refractivity contribution < 1.29 is 22.7 Å². The van der Waals surface area contributed by atoms with Crippen LogP contribution in [0.25, 0.3) is 0 Å². The van der Waals surface area contributed by atoms with Crippen LogP contribution in [-0.4, -0.2) is 44.1 Å². The molecule has 1 aromatic rings. The molecule has 0 aliphatic carbocycles. The molecule has 7 heteroatoms. The van der Waals surface area contributed by atoms with E-state index in [2.05, 4.69) is 17.2 Å². The lowest BCUT2D eigenvalue weighted by molar-refractivity contribution is 0.0952. The molecule has 0 aromatic heterocycles. The van der Waals surface area contributed by atoms with Crippen LogP contribution in [0, 0.1) is 17.7 Å². The molecule has 0 atom stereocenters. The number of hydrogen-bond donors (Lipinski definition) is 2. The average Bonchev–Trinajstić information content (AvgIpc) is 2.46. The van der Waals surface area contributed by atoms with E-state index in [4.69, 9.17) is 5.11 Å². The number of aliphatic hydroxyl groups is 1. The predicted octanol–water partition coefficient (Wildman–Crippen LogP) is 0.334. The van der Waals surface area contributed by atoms with Gasteiger partial charge in [-0.1, -0.05) is 18.8 Å². The van der Waals surface area contributed by atoms with Crippen molar-refractivity contribution in [2.24, 2.45) is 0 Å². The molecule has 1 rings (SSSR count). The van der Waals surface area contributed by atoms with Gasteiger partial charge in [-0.3, -0.25) is 4.79 Å². The van der Waals surface area contributed by atoms with Gasteiger partial charge in [-0.15, -0.1) is 0 Å². The summed E-state index contributed by atoms with van der Waals surface area (Å²) in [5.74, 6) is 3.33. The lowest BCUT2D eigenvalue weighted by atomic mass is 10.1. The summed E-state index contributed by atoms with van der Waals surface area (Å²) in [5.41, 5.74) is 0.172. The lowest BCUT2D eigenvalue weighted by Gasteiger charge is -2.06. The fraction of sp³-hybridized carbons (Fsp3) is 0.357. The first-order valence-electron chi connectivity index (χ1n) is 6.27. The van der Waals surface area contributed by atoms with Crippen molar-refractivity contribution in [2.75, 3.05) is 24.7 Å². The Balaban J connectivity index is 2.78. The highest BCUT2D eigenvalue weighted by molar-refractivity contribution is 7.91. The first-order valence-corrected chi connectivity index (χ1v) is 8.09. The maximum absolute atomic E-state index is 13.6. The van der Waals surface area contributed by atoms with Crippen molar-refractivity contribution in [3.63, 3.8) is 0 Å². The molecule has 0 aliphatic heterocycles. The molecule has 1 aromatic carbocycles. The first-order chi connectivity index (χ1) is 9.89. The second-order valence-electron chi connectivity index (χ2n) is 4.15. The van der Waals surface area contributed by atoms with Crippen LogP contribution in [0.1, 0.15) is 22.8 Å². The van der Waals surface area contributed by atoms with E-state index in [0.29, 0.717) is 5.56 Å². The van der Waals surface area contributed by atoms with E-state index in [0.717, 1.165) is 6.07 Å². The molecule has 114 valence electrons.